The van der Waals surface area contributed by atoms with Crippen LogP contribution in [-0.4, -0.2) is 44.2 Å². The van der Waals surface area contributed by atoms with Gasteiger partial charge in [0.05, 0.1) is 12.8 Å². The summed E-state index contributed by atoms with van der Waals surface area (Å²) < 4.78 is 7.85. The maximum atomic E-state index is 5.78. The topological polar surface area (TPSA) is 69.0 Å². The summed E-state index contributed by atoms with van der Waals surface area (Å²) in [6, 6.07) is 3.93. The van der Waals surface area contributed by atoms with Crippen LogP contribution in [-0.2, 0) is 7.05 Å². The summed E-state index contributed by atoms with van der Waals surface area (Å²) in [6.45, 7) is 2.59. The molecule has 1 atom stereocenters. The monoisotopic (exact) mass is 324 g/mol. The Kier molecular flexibility index (Phi) is 3.98. The van der Waals surface area contributed by atoms with Crippen LogP contribution in [0.15, 0.2) is 36.9 Å². The second kappa shape index (κ2) is 6.43. The highest BCUT2D eigenvalue weighted by Crippen LogP contribution is 2.25. The predicted octanol–water partition coefficient (Wildman–Crippen LogP) is 2.05. The van der Waals surface area contributed by atoms with Crippen LogP contribution < -0.4 is 9.64 Å². The summed E-state index contributed by atoms with van der Waals surface area (Å²) >= 11 is 0. The molecular weight excluding hydrogens is 304 g/mol. The normalized spacial score (nSPS) is 18.0. The molecule has 1 unspecified atom stereocenters. The number of aromatic nitrogens is 5. The number of anilines is 1. The van der Waals surface area contributed by atoms with Gasteiger partial charge in [-0.2, -0.15) is 0 Å². The molecule has 24 heavy (non-hydrogen) atoms. The molecule has 7 heteroatoms. The molecule has 0 saturated carbocycles. The van der Waals surface area contributed by atoms with E-state index in [1.54, 1.807) is 18.6 Å². The van der Waals surface area contributed by atoms with Gasteiger partial charge < -0.3 is 9.64 Å². The Morgan fingerprint density at radius 3 is 3.04 bits per heavy atom. The Hall–Kier alpha value is -2.70. The largest absolute Gasteiger partial charge is 0.476 e. The lowest BCUT2D eigenvalue weighted by Gasteiger charge is -2.33. The van der Waals surface area contributed by atoms with E-state index < -0.39 is 0 Å². The number of aryl methyl sites for hydroxylation is 1. The molecule has 0 radical (unpaired) electrons. The molecule has 0 bridgehead atoms. The highest BCUT2D eigenvalue weighted by Gasteiger charge is 2.24. The van der Waals surface area contributed by atoms with Crippen LogP contribution in [0.4, 0.5) is 5.95 Å². The van der Waals surface area contributed by atoms with Crippen molar-refractivity contribution in [2.24, 2.45) is 13.0 Å². The van der Waals surface area contributed by atoms with Crippen molar-refractivity contribution in [2.45, 2.75) is 12.8 Å². The van der Waals surface area contributed by atoms with Crippen LogP contribution in [0.3, 0.4) is 0 Å². The fourth-order valence-corrected chi connectivity index (χ4v) is 3.24. The quantitative estimate of drug-likeness (QED) is 0.731. The zero-order valence-corrected chi connectivity index (χ0v) is 13.7. The van der Waals surface area contributed by atoms with Gasteiger partial charge in [0.2, 0.25) is 11.8 Å². The fraction of sp³-hybridized carbons (Fsp3) is 0.412. The number of piperidine rings is 1. The molecule has 1 aliphatic rings. The summed E-state index contributed by atoms with van der Waals surface area (Å²) in [6.07, 6.45) is 9.04. The van der Waals surface area contributed by atoms with E-state index in [-0.39, 0.29) is 0 Å². The Bertz CT molecular complexity index is 818. The first kappa shape index (κ1) is 14.9. The van der Waals surface area contributed by atoms with E-state index >= 15 is 0 Å². The number of pyridine rings is 1. The van der Waals surface area contributed by atoms with E-state index in [1.165, 1.54) is 0 Å². The summed E-state index contributed by atoms with van der Waals surface area (Å²) in [5.41, 5.74) is 1.86. The maximum absolute atomic E-state index is 5.78. The molecule has 7 nitrogen and oxygen atoms in total. The third kappa shape index (κ3) is 2.89. The zero-order valence-electron chi connectivity index (χ0n) is 13.7. The highest BCUT2D eigenvalue weighted by molar-refractivity contribution is 5.74. The van der Waals surface area contributed by atoms with Crippen molar-refractivity contribution in [1.29, 1.82) is 0 Å². The summed E-state index contributed by atoms with van der Waals surface area (Å²) in [7, 11) is 2.03. The molecule has 1 saturated heterocycles. The Balaban J connectivity index is 1.47. The van der Waals surface area contributed by atoms with Crippen LogP contribution in [0.1, 0.15) is 12.8 Å². The molecule has 0 amide bonds. The van der Waals surface area contributed by atoms with Crippen molar-refractivity contribution in [1.82, 2.24) is 24.5 Å². The molecule has 1 aliphatic heterocycles. The van der Waals surface area contributed by atoms with Crippen molar-refractivity contribution >= 4 is 17.1 Å². The first-order valence-electron chi connectivity index (χ1n) is 8.22. The van der Waals surface area contributed by atoms with Gasteiger partial charge in [-0.05, 0) is 25.0 Å². The number of hydrogen-bond donors (Lipinski definition) is 0. The third-order valence-electron chi connectivity index (χ3n) is 4.41. The molecule has 124 valence electrons. The minimum Gasteiger partial charge on any atom is -0.476 e. The van der Waals surface area contributed by atoms with Gasteiger partial charge in [0.15, 0.2) is 5.65 Å². The van der Waals surface area contributed by atoms with Crippen molar-refractivity contribution in [3.8, 4) is 5.88 Å². The number of rotatable bonds is 4. The number of hydrogen-bond acceptors (Lipinski definition) is 6. The van der Waals surface area contributed by atoms with Gasteiger partial charge in [-0.25, -0.2) is 15.0 Å². The smallest absolute Gasteiger partial charge is 0.232 e. The molecule has 1 fully saturated rings. The number of imidazole rings is 1. The molecule has 4 rings (SSSR count). The fourth-order valence-electron chi connectivity index (χ4n) is 3.24. The summed E-state index contributed by atoms with van der Waals surface area (Å²) in [5.74, 6) is 2.02. The molecular formula is C17H20N6O. The predicted molar refractivity (Wildman–Crippen MR) is 91.0 cm³/mol. The van der Waals surface area contributed by atoms with Gasteiger partial charge in [0.1, 0.15) is 5.52 Å². The first-order chi connectivity index (χ1) is 11.8. The second-order valence-electron chi connectivity index (χ2n) is 6.13. The Morgan fingerprint density at radius 2 is 2.21 bits per heavy atom. The molecule has 0 aliphatic carbocycles. The summed E-state index contributed by atoms with van der Waals surface area (Å²) in [5, 5.41) is 0. The van der Waals surface area contributed by atoms with E-state index in [9.17, 15) is 0 Å². The maximum Gasteiger partial charge on any atom is 0.232 e. The van der Waals surface area contributed by atoms with Gasteiger partial charge >= 0.3 is 0 Å². The van der Waals surface area contributed by atoms with Crippen LogP contribution in [0.5, 0.6) is 5.88 Å². The average molecular weight is 324 g/mol. The molecule has 0 N–H and O–H groups in total. The third-order valence-corrected chi connectivity index (χ3v) is 4.41. The minimum absolute atomic E-state index is 0.452. The molecule has 0 aromatic carbocycles. The molecule has 3 aromatic rings. The van der Waals surface area contributed by atoms with Crippen molar-refractivity contribution in [2.75, 3.05) is 24.6 Å². The zero-order chi connectivity index (χ0) is 16.4. The van der Waals surface area contributed by atoms with Crippen LogP contribution in [0, 0.1) is 5.92 Å². The van der Waals surface area contributed by atoms with Gasteiger partial charge in [-0.15, -0.1) is 0 Å². The van der Waals surface area contributed by atoms with E-state index in [4.69, 9.17) is 9.72 Å². The number of nitrogens with zero attached hydrogens (tertiary/aromatic N) is 6. The van der Waals surface area contributed by atoms with Crippen LogP contribution in [0.25, 0.3) is 11.2 Å². The standard InChI is InChI=1S/C17H20N6O/c1-22-16-14(5-2-6-20-16)21-17(22)23-9-3-4-13(11-23)12-24-15-10-18-7-8-19-15/h2,5-8,10,13H,3-4,9,11-12H2,1H3. The van der Waals surface area contributed by atoms with Crippen LogP contribution in [0.2, 0.25) is 0 Å². The molecule has 4 heterocycles. The van der Waals surface area contributed by atoms with E-state index in [0.717, 1.165) is 43.0 Å². The minimum atomic E-state index is 0.452. The molecule has 3 aromatic heterocycles. The molecule has 0 spiro atoms. The lowest BCUT2D eigenvalue weighted by Crippen LogP contribution is -2.39. The van der Waals surface area contributed by atoms with Gasteiger partial charge in [-0.1, -0.05) is 0 Å². The van der Waals surface area contributed by atoms with Crippen molar-refractivity contribution in [3.63, 3.8) is 0 Å². The van der Waals surface area contributed by atoms with E-state index in [2.05, 4.69) is 24.4 Å². The van der Waals surface area contributed by atoms with E-state index in [0.29, 0.717) is 18.4 Å². The van der Waals surface area contributed by atoms with Crippen molar-refractivity contribution < 1.29 is 4.74 Å². The SMILES string of the molecule is Cn1c(N2CCCC(COc3cnccn3)C2)nc2cccnc21. The van der Waals surface area contributed by atoms with Gasteiger partial charge in [0.25, 0.3) is 0 Å². The van der Waals surface area contributed by atoms with Crippen molar-refractivity contribution in [3.05, 3.63) is 36.9 Å². The van der Waals surface area contributed by atoms with E-state index in [1.807, 2.05) is 25.4 Å². The Labute approximate surface area is 140 Å². The summed E-state index contributed by atoms with van der Waals surface area (Å²) in [4.78, 5) is 19.7. The van der Waals surface area contributed by atoms with Gasteiger partial charge in [0, 0.05) is 44.6 Å². The Morgan fingerprint density at radius 1 is 1.25 bits per heavy atom. The van der Waals surface area contributed by atoms with Gasteiger partial charge in [-0.3, -0.25) is 9.55 Å². The lowest BCUT2D eigenvalue weighted by atomic mass is 9.99. The van der Waals surface area contributed by atoms with Crippen LogP contribution >= 0.6 is 0 Å². The second-order valence-corrected chi connectivity index (χ2v) is 6.13. The highest BCUT2D eigenvalue weighted by atomic mass is 16.5. The average Bonchev–Trinajstić information content (AvgIpc) is 2.98. The lowest BCUT2D eigenvalue weighted by molar-refractivity contribution is 0.220. The number of fused-ring (bicyclic) bond motifs is 1. The number of ether oxygens (including phenoxy) is 1. The first-order valence-corrected chi connectivity index (χ1v) is 8.22.